The number of fused-ring (bicyclic) bond motifs is 1. The first-order chi connectivity index (χ1) is 11.2. The summed E-state index contributed by atoms with van der Waals surface area (Å²) in [6, 6.07) is 8.49. The number of hydrogen-bond donors (Lipinski definition) is 3. The topological polar surface area (TPSA) is 65.1 Å². The van der Waals surface area contributed by atoms with Crippen molar-refractivity contribution < 1.29 is 9.90 Å². The minimum atomic E-state index is -0.329. The van der Waals surface area contributed by atoms with Gasteiger partial charge in [0.1, 0.15) is 6.29 Å². The molecular weight excluding hydrogens is 288 g/mol. The number of carbonyl (C=O) groups excluding carboxylic acids is 1. The van der Waals surface area contributed by atoms with Crippen LogP contribution in [-0.2, 0) is 11.2 Å². The number of aliphatic hydroxyl groups is 1. The first kappa shape index (κ1) is 19.4. The molecule has 0 saturated carbocycles. The van der Waals surface area contributed by atoms with Crippen LogP contribution >= 0.6 is 0 Å². The molecule has 128 valence electrons. The fraction of sp³-hybridized carbons (Fsp3) is 0.526. The minimum absolute atomic E-state index is 0.329. The van der Waals surface area contributed by atoms with Gasteiger partial charge in [0, 0.05) is 23.5 Å². The highest BCUT2D eigenvalue weighted by Gasteiger charge is 2.01. The lowest BCUT2D eigenvalue weighted by Crippen LogP contribution is -2.18. The number of carbonyl (C=O) groups is 1. The molecule has 0 bridgehead atoms. The Labute approximate surface area is 139 Å². The van der Waals surface area contributed by atoms with Gasteiger partial charge in [-0.25, -0.2) is 0 Å². The third-order valence-corrected chi connectivity index (χ3v) is 3.66. The van der Waals surface area contributed by atoms with Gasteiger partial charge < -0.3 is 20.2 Å². The van der Waals surface area contributed by atoms with Crippen molar-refractivity contribution in [2.45, 2.75) is 52.1 Å². The number of aliphatic hydroxyl groups excluding tert-OH is 1. The van der Waals surface area contributed by atoms with Gasteiger partial charge in [0.25, 0.3) is 0 Å². The van der Waals surface area contributed by atoms with Gasteiger partial charge in [-0.15, -0.1) is 0 Å². The fourth-order valence-corrected chi connectivity index (χ4v) is 2.30. The van der Waals surface area contributed by atoms with Crippen LogP contribution < -0.4 is 5.32 Å². The molecule has 2 rings (SSSR count). The lowest BCUT2D eigenvalue weighted by atomic mass is 10.1. The van der Waals surface area contributed by atoms with Crippen LogP contribution in [0.2, 0.25) is 0 Å². The van der Waals surface area contributed by atoms with Gasteiger partial charge in [0.15, 0.2) is 0 Å². The van der Waals surface area contributed by atoms with Crippen molar-refractivity contribution >= 4 is 17.2 Å². The van der Waals surface area contributed by atoms with Crippen molar-refractivity contribution in [1.29, 1.82) is 0 Å². The van der Waals surface area contributed by atoms with Gasteiger partial charge >= 0.3 is 0 Å². The van der Waals surface area contributed by atoms with E-state index in [0.717, 1.165) is 25.8 Å². The lowest BCUT2D eigenvalue weighted by Gasteiger charge is -2.02. The molecule has 0 spiro atoms. The maximum Gasteiger partial charge on any atom is 0.120 e. The molecule has 4 nitrogen and oxygen atoms in total. The minimum Gasteiger partial charge on any atom is -0.393 e. The van der Waals surface area contributed by atoms with Crippen molar-refractivity contribution in [1.82, 2.24) is 10.3 Å². The van der Waals surface area contributed by atoms with Gasteiger partial charge in [-0.05, 0) is 50.9 Å². The Morgan fingerprint density at radius 2 is 2.09 bits per heavy atom. The monoisotopic (exact) mass is 318 g/mol. The highest BCUT2D eigenvalue weighted by molar-refractivity contribution is 5.83. The number of hydrogen-bond acceptors (Lipinski definition) is 3. The molecule has 2 aromatic rings. The maximum atomic E-state index is 9.60. The molecule has 1 atom stereocenters. The summed E-state index contributed by atoms with van der Waals surface area (Å²) in [4.78, 5) is 12.9. The standard InChI is InChI=1S/C14H20N2.C5H10O2/c1-2-3-9-15-10-8-12-11-16-14-7-5-4-6-13(12)14;1-5(7)3-2-4-6/h4-7,11,15-16H,2-3,8-10H2,1H3;4-5,7H,2-3H2,1H3. The highest BCUT2D eigenvalue weighted by atomic mass is 16.3. The number of para-hydroxylation sites is 1. The largest absolute Gasteiger partial charge is 0.393 e. The average Bonchev–Trinajstić information content (AvgIpc) is 2.97. The predicted molar refractivity (Wildman–Crippen MR) is 96.8 cm³/mol. The van der Waals surface area contributed by atoms with Crippen LogP contribution in [0.5, 0.6) is 0 Å². The number of aromatic nitrogens is 1. The van der Waals surface area contributed by atoms with Crippen molar-refractivity contribution in [3.05, 3.63) is 36.0 Å². The first-order valence-corrected chi connectivity index (χ1v) is 8.56. The fourth-order valence-electron chi connectivity index (χ4n) is 2.30. The smallest absolute Gasteiger partial charge is 0.120 e. The van der Waals surface area contributed by atoms with E-state index in [2.05, 4.69) is 47.7 Å². The van der Waals surface area contributed by atoms with E-state index < -0.39 is 0 Å². The molecule has 1 heterocycles. The van der Waals surface area contributed by atoms with Crippen LogP contribution in [-0.4, -0.2) is 35.6 Å². The Bertz CT molecular complexity index is 549. The van der Waals surface area contributed by atoms with E-state index in [1.165, 1.54) is 29.3 Å². The number of rotatable bonds is 9. The second kappa shape index (κ2) is 11.9. The van der Waals surface area contributed by atoms with Crippen molar-refractivity contribution in [2.24, 2.45) is 0 Å². The zero-order valence-electron chi connectivity index (χ0n) is 14.3. The Kier molecular flexibility index (Phi) is 10.00. The summed E-state index contributed by atoms with van der Waals surface area (Å²) in [5, 5.41) is 13.4. The van der Waals surface area contributed by atoms with Crippen molar-refractivity contribution in [2.75, 3.05) is 13.1 Å². The second-order valence-electron chi connectivity index (χ2n) is 5.81. The van der Waals surface area contributed by atoms with Gasteiger partial charge in [-0.2, -0.15) is 0 Å². The molecule has 0 aliphatic heterocycles. The molecule has 0 fully saturated rings. The number of H-pyrrole nitrogens is 1. The average molecular weight is 318 g/mol. The molecule has 1 aromatic heterocycles. The molecule has 1 unspecified atom stereocenters. The summed E-state index contributed by atoms with van der Waals surface area (Å²) < 4.78 is 0. The summed E-state index contributed by atoms with van der Waals surface area (Å²) in [5.74, 6) is 0. The second-order valence-corrected chi connectivity index (χ2v) is 5.81. The zero-order chi connectivity index (χ0) is 16.9. The first-order valence-electron chi connectivity index (χ1n) is 8.56. The molecule has 0 radical (unpaired) electrons. The van der Waals surface area contributed by atoms with E-state index in [1.54, 1.807) is 6.92 Å². The SMILES string of the molecule is CC(O)CCC=O.CCCCNCCc1c[nH]c2ccccc12. The van der Waals surface area contributed by atoms with Crippen LogP contribution in [0, 0.1) is 0 Å². The molecule has 0 aliphatic carbocycles. The molecule has 0 aliphatic rings. The Hall–Kier alpha value is -1.65. The molecule has 4 heteroatoms. The van der Waals surface area contributed by atoms with E-state index in [4.69, 9.17) is 5.11 Å². The third-order valence-electron chi connectivity index (χ3n) is 3.66. The number of benzene rings is 1. The summed E-state index contributed by atoms with van der Waals surface area (Å²) in [5.41, 5.74) is 2.66. The van der Waals surface area contributed by atoms with Crippen molar-refractivity contribution in [3.8, 4) is 0 Å². The number of nitrogens with one attached hydrogen (secondary N) is 2. The summed E-state index contributed by atoms with van der Waals surface area (Å²) in [7, 11) is 0. The van der Waals surface area contributed by atoms with E-state index >= 15 is 0 Å². The van der Waals surface area contributed by atoms with E-state index in [9.17, 15) is 4.79 Å². The van der Waals surface area contributed by atoms with E-state index in [1.807, 2.05) is 0 Å². The van der Waals surface area contributed by atoms with E-state index in [0.29, 0.717) is 12.8 Å². The molecular formula is C19H30N2O2. The molecule has 3 N–H and O–H groups in total. The van der Waals surface area contributed by atoms with Gasteiger partial charge in [0.05, 0.1) is 6.10 Å². The van der Waals surface area contributed by atoms with Crippen LogP contribution in [0.25, 0.3) is 10.9 Å². The van der Waals surface area contributed by atoms with Crippen LogP contribution in [0.1, 0.15) is 45.1 Å². The van der Waals surface area contributed by atoms with Crippen molar-refractivity contribution in [3.63, 3.8) is 0 Å². The number of unbranched alkanes of at least 4 members (excludes halogenated alkanes) is 1. The maximum absolute atomic E-state index is 9.60. The Morgan fingerprint density at radius 3 is 2.74 bits per heavy atom. The molecule has 0 saturated heterocycles. The van der Waals surface area contributed by atoms with Crippen LogP contribution in [0.4, 0.5) is 0 Å². The lowest BCUT2D eigenvalue weighted by molar-refractivity contribution is -0.108. The van der Waals surface area contributed by atoms with Gasteiger partial charge in [-0.3, -0.25) is 0 Å². The Balaban J connectivity index is 0.000000322. The van der Waals surface area contributed by atoms with Crippen LogP contribution in [0.3, 0.4) is 0 Å². The quantitative estimate of drug-likeness (QED) is 0.490. The summed E-state index contributed by atoms with van der Waals surface area (Å²) in [6.45, 7) is 6.10. The number of aldehydes is 1. The highest BCUT2D eigenvalue weighted by Crippen LogP contribution is 2.17. The third kappa shape index (κ3) is 7.95. The normalized spacial score (nSPS) is 11.8. The predicted octanol–water partition coefficient (Wildman–Crippen LogP) is 3.45. The van der Waals surface area contributed by atoms with Gasteiger partial charge in [0.2, 0.25) is 0 Å². The Morgan fingerprint density at radius 1 is 1.30 bits per heavy atom. The molecule has 1 aromatic carbocycles. The molecule has 0 amide bonds. The summed E-state index contributed by atoms with van der Waals surface area (Å²) >= 11 is 0. The zero-order valence-corrected chi connectivity index (χ0v) is 14.3. The summed E-state index contributed by atoms with van der Waals surface area (Å²) in [6.07, 6.45) is 7.31. The number of aromatic amines is 1. The van der Waals surface area contributed by atoms with Gasteiger partial charge in [-0.1, -0.05) is 31.5 Å². The molecule has 23 heavy (non-hydrogen) atoms. The van der Waals surface area contributed by atoms with Crippen LogP contribution in [0.15, 0.2) is 30.5 Å². The van der Waals surface area contributed by atoms with E-state index in [-0.39, 0.29) is 6.10 Å².